The standard InChI is InChI=1S/C18H36N2/c1-2-4-6-8-14-19-16-17-10-12-18(13-11-17)20-15-9-7-5-3-1/h17-20H,1-16H2. The summed E-state index contributed by atoms with van der Waals surface area (Å²) >= 11 is 0. The van der Waals surface area contributed by atoms with E-state index in [1.807, 2.05) is 0 Å². The van der Waals surface area contributed by atoms with Crippen molar-refractivity contribution in [3.8, 4) is 0 Å². The van der Waals surface area contributed by atoms with Gasteiger partial charge in [-0.05, 0) is 64.1 Å². The maximum absolute atomic E-state index is 3.79. The van der Waals surface area contributed by atoms with E-state index in [9.17, 15) is 0 Å². The number of hydrogen-bond donors (Lipinski definition) is 2. The van der Waals surface area contributed by atoms with Crippen molar-refractivity contribution in [2.24, 2.45) is 5.92 Å². The monoisotopic (exact) mass is 280 g/mol. The molecule has 3 aliphatic rings. The van der Waals surface area contributed by atoms with Crippen molar-refractivity contribution >= 4 is 0 Å². The van der Waals surface area contributed by atoms with Gasteiger partial charge in [-0.25, -0.2) is 0 Å². The van der Waals surface area contributed by atoms with Gasteiger partial charge in [-0.2, -0.15) is 0 Å². The number of nitrogens with one attached hydrogen (secondary N) is 2. The summed E-state index contributed by atoms with van der Waals surface area (Å²) in [5, 5.41) is 7.49. The topological polar surface area (TPSA) is 24.1 Å². The van der Waals surface area contributed by atoms with Crippen LogP contribution < -0.4 is 10.6 Å². The summed E-state index contributed by atoms with van der Waals surface area (Å²) in [5.41, 5.74) is 0. The smallest absolute Gasteiger partial charge is 0.00672 e. The Hall–Kier alpha value is -0.0800. The summed E-state index contributed by atoms with van der Waals surface area (Å²) in [5.74, 6) is 0.951. The minimum atomic E-state index is 0.824. The predicted octanol–water partition coefficient (Wildman–Crippen LogP) is 4.25. The lowest BCUT2D eigenvalue weighted by Crippen LogP contribution is -2.36. The molecule has 0 unspecified atom stereocenters. The minimum Gasteiger partial charge on any atom is -0.316 e. The van der Waals surface area contributed by atoms with Crippen LogP contribution in [-0.4, -0.2) is 25.7 Å². The van der Waals surface area contributed by atoms with Gasteiger partial charge in [0.25, 0.3) is 0 Å². The molecule has 3 rings (SSSR count). The van der Waals surface area contributed by atoms with Crippen LogP contribution in [-0.2, 0) is 0 Å². The first kappa shape index (κ1) is 16.3. The molecule has 2 heteroatoms. The maximum Gasteiger partial charge on any atom is 0.00672 e. The SMILES string of the molecule is C1CCCCCNCC2CCC(CC2)NCCCCC1. The van der Waals surface area contributed by atoms with E-state index in [4.69, 9.17) is 0 Å². The van der Waals surface area contributed by atoms with Crippen molar-refractivity contribution in [2.75, 3.05) is 19.6 Å². The van der Waals surface area contributed by atoms with Crippen LogP contribution in [0.2, 0.25) is 0 Å². The summed E-state index contributed by atoms with van der Waals surface area (Å²) in [6.45, 7) is 3.78. The van der Waals surface area contributed by atoms with E-state index >= 15 is 0 Å². The van der Waals surface area contributed by atoms with Gasteiger partial charge in [0.1, 0.15) is 0 Å². The van der Waals surface area contributed by atoms with Gasteiger partial charge in [0.2, 0.25) is 0 Å². The first-order valence-electron chi connectivity index (χ1n) is 9.39. The van der Waals surface area contributed by atoms with Gasteiger partial charge in [-0.15, -0.1) is 0 Å². The number of fused-ring (bicyclic) bond motifs is 15. The van der Waals surface area contributed by atoms with E-state index < -0.39 is 0 Å². The first-order valence-corrected chi connectivity index (χ1v) is 9.39. The Bertz CT molecular complexity index is 192. The molecule has 2 nitrogen and oxygen atoms in total. The third-order valence-electron chi connectivity index (χ3n) is 5.24. The molecule has 0 atom stereocenters. The molecule has 0 radical (unpaired) electrons. The molecular formula is C18H36N2. The van der Waals surface area contributed by atoms with Gasteiger partial charge >= 0.3 is 0 Å². The maximum atomic E-state index is 3.79. The van der Waals surface area contributed by atoms with Crippen LogP contribution in [0.3, 0.4) is 0 Å². The Morgan fingerprint density at radius 3 is 1.75 bits per heavy atom. The lowest BCUT2D eigenvalue weighted by Gasteiger charge is -2.29. The highest BCUT2D eigenvalue weighted by molar-refractivity contribution is 4.78. The highest BCUT2D eigenvalue weighted by Gasteiger charge is 2.20. The Morgan fingerprint density at radius 2 is 1.10 bits per heavy atom. The molecule has 118 valence electrons. The van der Waals surface area contributed by atoms with Crippen LogP contribution in [0.5, 0.6) is 0 Å². The number of rotatable bonds is 0. The molecule has 0 amide bonds. The van der Waals surface area contributed by atoms with E-state index in [0.717, 1.165) is 12.0 Å². The van der Waals surface area contributed by atoms with Crippen LogP contribution in [0.4, 0.5) is 0 Å². The first-order chi connectivity index (χ1) is 9.95. The normalized spacial score (nSPS) is 32.4. The van der Waals surface area contributed by atoms with Gasteiger partial charge in [0.15, 0.2) is 0 Å². The van der Waals surface area contributed by atoms with Gasteiger partial charge in [0, 0.05) is 6.04 Å². The summed E-state index contributed by atoms with van der Waals surface area (Å²) in [6.07, 6.45) is 18.6. The lowest BCUT2D eigenvalue weighted by atomic mass is 9.86. The van der Waals surface area contributed by atoms with Crippen LogP contribution in [0.15, 0.2) is 0 Å². The fraction of sp³-hybridized carbons (Fsp3) is 1.00. The molecule has 2 aliphatic heterocycles. The van der Waals surface area contributed by atoms with Crippen molar-refractivity contribution in [1.82, 2.24) is 10.6 Å². The van der Waals surface area contributed by atoms with E-state index in [0.29, 0.717) is 0 Å². The van der Waals surface area contributed by atoms with Gasteiger partial charge in [-0.3, -0.25) is 0 Å². The molecule has 20 heavy (non-hydrogen) atoms. The molecule has 3 fully saturated rings. The molecule has 2 bridgehead atoms. The van der Waals surface area contributed by atoms with Gasteiger partial charge in [-0.1, -0.05) is 44.9 Å². The molecule has 0 spiro atoms. The van der Waals surface area contributed by atoms with Gasteiger partial charge in [0.05, 0.1) is 0 Å². The zero-order chi connectivity index (χ0) is 13.9. The lowest BCUT2D eigenvalue weighted by molar-refractivity contribution is 0.282. The van der Waals surface area contributed by atoms with Crippen molar-refractivity contribution in [2.45, 2.75) is 89.5 Å². The highest BCUT2D eigenvalue weighted by Crippen LogP contribution is 2.23. The number of hydrogen-bond acceptors (Lipinski definition) is 2. The molecule has 1 saturated carbocycles. The molecule has 0 aromatic rings. The average Bonchev–Trinajstić information content (AvgIpc) is 2.48. The second-order valence-electron chi connectivity index (χ2n) is 7.06. The fourth-order valence-electron chi connectivity index (χ4n) is 3.80. The summed E-state index contributed by atoms with van der Waals surface area (Å²) < 4.78 is 0. The van der Waals surface area contributed by atoms with E-state index in [-0.39, 0.29) is 0 Å². The minimum absolute atomic E-state index is 0.824. The summed E-state index contributed by atoms with van der Waals surface area (Å²) in [7, 11) is 0. The molecule has 2 heterocycles. The third-order valence-corrected chi connectivity index (χ3v) is 5.24. The average molecular weight is 280 g/mol. The zero-order valence-corrected chi connectivity index (χ0v) is 13.5. The fourth-order valence-corrected chi connectivity index (χ4v) is 3.80. The Labute approximate surface area is 126 Å². The summed E-state index contributed by atoms with van der Waals surface area (Å²) in [4.78, 5) is 0. The van der Waals surface area contributed by atoms with E-state index in [1.165, 1.54) is 103 Å². The Balaban J connectivity index is 1.64. The second kappa shape index (κ2) is 10.6. The van der Waals surface area contributed by atoms with Crippen molar-refractivity contribution in [1.29, 1.82) is 0 Å². The summed E-state index contributed by atoms with van der Waals surface area (Å²) in [6, 6.07) is 0.824. The Kier molecular flexibility index (Phi) is 8.65. The van der Waals surface area contributed by atoms with Crippen LogP contribution in [0.25, 0.3) is 0 Å². The van der Waals surface area contributed by atoms with E-state index in [1.54, 1.807) is 0 Å². The molecule has 0 aromatic carbocycles. The Morgan fingerprint density at radius 1 is 0.550 bits per heavy atom. The molecular weight excluding hydrogens is 244 g/mol. The zero-order valence-electron chi connectivity index (χ0n) is 13.5. The van der Waals surface area contributed by atoms with Crippen molar-refractivity contribution < 1.29 is 0 Å². The second-order valence-corrected chi connectivity index (χ2v) is 7.06. The van der Waals surface area contributed by atoms with E-state index in [2.05, 4.69) is 10.6 Å². The van der Waals surface area contributed by atoms with Crippen LogP contribution >= 0.6 is 0 Å². The van der Waals surface area contributed by atoms with Crippen molar-refractivity contribution in [3.63, 3.8) is 0 Å². The quantitative estimate of drug-likeness (QED) is 0.693. The molecule has 2 saturated heterocycles. The highest BCUT2D eigenvalue weighted by atomic mass is 14.9. The van der Waals surface area contributed by atoms with Crippen molar-refractivity contribution in [3.05, 3.63) is 0 Å². The predicted molar refractivity (Wildman–Crippen MR) is 88.2 cm³/mol. The third kappa shape index (κ3) is 7.08. The molecule has 0 aromatic heterocycles. The van der Waals surface area contributed by atoms with Crippen LogP contribution in [0, 0.1) is 5.92 Å². The van der Waals surface area contributed by atoms with Gasteiger partial charge < -0.3 is 10.6 Å². The molecule has 2 N–H and O–H groups in total. The largest absolute Gasteiger partial charge is 0.316 e. The molecule has 1 aliphatic carbocycles. The van der Waals surface area contributed by atoms with Crippen LogP contribution in [0.1, 0.15) is 83.5 Å².